The minimum absolute atomic E-state index is 0.0214. The number of hydrogen-bond donors (Lipinski definition) is 1. The van der Waals surface area contributed by atoms with Crippen LogP contribution in [0.1, 0.15) is 43.7 Å². The molecule has 160 valence electrons. The summed E-state index contributed by atoms with van der Waals surface area (Å²) in [7, 11) is 0. The minimum Gasteiger partial charge on any atom is -0.352 e. The number of thioether (sulfide) groups is 1. The molecule has 2 aromatic rings. The highest BCUT2D eigenvalue weighted by Crippen LogP contribution is 2.20. The van der Waals surface area contributed by atoms with Gasteiger partial charge in [-0.05, 0) is 43.0 Å². The van der Waals surface area contributed by atoms with Gasteiger partial charge in [-0.3, -0.25) is 9.59 Å². The lowest BCUT2D eigenvalue weighted by atomic mass is 10.1. The number of hydrogen-bond acceptors (Lipinski definition) is 3. The molecule has 0 saturated heterocycles. The molecule has 1 saturated carbocycles. The number of amides is 2. The van der Waals surface area contributed by atoms with Crippen molar-refractivity contribution in [3.8, 4) is 0 Å². The smallest absolute Gasteiger partial charge is 0.242 e. The Morgan fingerprint density at radius 3 is 2.40 bits per heavy atom. The Hall–Kier alpha value is -1.98. The third kappa shape index (κ3) is 6.78. The van der Waals surface area contributed by atoms with Crippen LogP contribution in [0.2, 0.25) is 5.02 Å². The van der Waals surface area contributed by atoms with Crippen LogP contribution in [-0.4, -0.2) is 34.6 Å². The van der Waals surface area contributed by atoms with E-state index < -0.39 is 6.04 Å². The van der Waals surface area contributed by atoms with Gasteiger partial charge in [-0.25, -0.2) is 0 Å². The molecule has 4 nitrogen and oxygen atoms in total. The highest BCUT2D eigenvalue weighted by molar-refractivity contribution is 7.99. The lowest BCUT2D eigenvalue weighted by Gasteiger charge is -2.29. The van der Waals surface area contributed by atoms with Crippen LogP contribution in [0.15, 0.2) is 54.6 Å². The average molecular weight is 445 g/mol. The number of rotatable bonds is 9. The lowest BCUT2D eigenvalue weighted by Crippen LogP contribution is -2.50. The van der Waals surface area contributed by atoms with E-state index >= 15 is 0 Å². The lowest BCUT2D eigenvalue weighted by molar-refractivity contribution is -0.138. The summed E-state index contributed by atoms with van der Waals surface area (Å²) in [6, 6.07) is 17.2. The second kappa shape index (κ2) is 11.4. The van der Waals surface area contributed by atoms with E-state index in [9.17, 15) is 9.59 Å². The van der Waals surface area contributed by atoms with E-state index in [0.717, 1.165) is 42.6 Å². The van der Waals surface area contributed by atoms with E-state index in [4.69, 9.17) is 11.6 Å². The molecule has 30 heavy (non-hydrogen) atoms. The van der Waals surface area contributed by atoms with Crippen LogP contribution in [0.25, 0.3) is 0 Å². The van der Waals surface area contributed by atoms with Crippen LogP contribution >= 0.6 is 23.4 Å². The molecule has 0 spiro atoms. The summed E-state index contributed by atoms with van der Waals surface area (Å²) in [5.74, 6) is 0.974. The van der Waals surface area contributed by atoms with Crippen LogP contribution < -0.4 is 5.32 Å². The zero-order valence-electron chi connectivity index (χ0n) is 17.4. The first-order valence-corrected chi connectivity index (χ1v) is 12.0. The molecular formula is C24H29ClN2O2S. The van der Waals surface area contributed by atoms with Crippen molar-refractivity contribution in [1.82, 2.24) is 10.2 Å². The minimum atomic E-state index is -0.505. The highest BCUT2D eigenvalue weighted by Gasteiger charge is 2.28. The van der Waals surface area contributed by atoms with E-state index in [1.54, 1.807) is 16.7 Å². The normalized spacial score (nSPS) is 15.0. The summed E-state index contributed by atoms with van der Waals surface area (Å²) in [6.45, 7) is 2.26. The van der Waals surface area contributed by atoms with E-state index in [1.165, 1.54) is 0 Å². The summed E-state index contributed by atoms with van der Waals surface area (Å²) in [5, 5.41) is 3.84. The van der Waals surface area contributed by atoms with Crippen molar-refractivity contribution in [3.63, 3.8) is 0 Å². The molecule has 1 fully saturated rings. The van der Waals surface area contributed by atoms with Gasteiger partial charge in [0, 0.05) is 23.4 Å². The fourth-order valence-corrected chi connectivity index (χ4v) is 4.67. The maximum atomic E-state index is 13.1. The monoisotopic (exact) mass is 444 g/mol. The predicted molar refractivity (Wildman–Crippen MR) is 124 cm³/mol. The van der Waals surface area contributed by atoms with Crippen molar-refractivity contribution in [2.24, 2.45) is 0 Å². The second-order valence-corrected chi connectivity index (χ2v) is 9.21. The van der Waals surface area contributed by atoms with Crippen molar-refractivity contribution in [1.29, 1.82) is 0 Å². The number of nitrogens with zero attached hydrogens (tertiary/aromatic N) is 1. The molecule has 0 aliphatic heterocycles. The van der Waals surface area contributed by atoms with Crippen molar-refractivity contribution in [2.45, 2.75) is 57.0 Å². The highest BCUT2D eigenvalue weighted by atomic mass is 35.5. The third-order valence-electron chi connectivity index (χ3n) is 5.47. The van der Waals surface area contributed by atoms with Gasteiger partial charge in [0.15, 0.2) is 0 Å². The van der Waals surface area contributed by atoms with Crippen LogP contribution in [0, 0.1) is 0 Å². The SMILES string of the molecule is CC(C(=O)NC1CCCC1)N(Cc1ccccc1)C(=O)CSCc1ccc(Cl)cc1. The van der Waals surface area contributed by atoms with Crippen LogP contribution in [0.5, 0.6) is 0 Å². The standard InChI is InChI=1S/C24H29ClN2O2S/c1-18(24(29)26-22-9-5-6-10-22)27(15-19-7-3-2-4-8-19)23(28)17-30-16-20-11-13-21(25)14-12-20/h2-4,7-8,11-14,18,22H,5-6,9-10,15-17H2,1H3,(H,26,29). The summed E-state index contributed by atoms with van der Waals surface area (Å²) >= 11 is 7.49. The van der Waals surface area contributed by atoms with Gasteiger partial charge >= 0.3 is 0 Å². The van der Waals surface area contributed by atoms with Crippen LogP contribution in [0.4, 0.5) is 0 Å². The number of benzene rings is 2. The first kappa shape index (κ1) is 22.7. The largest absolute Gasteiger partial charge is 0.352 e. The van der Waals surface area contributed by atoms with Crippen molar-refractivity contribution in [3.05, 3.63) is 70.7 Å². The molecule has 0 aromatic heterocycles. The Kier molecular flexibility index (Phi) is 8.64. The van der Waals surface area contributed by atoms with E-state index in [1.807, 2.05) is 61.5 Å². The van der Waals surface area contributed by atoms with Crippen LogP contribution in [0.3, 0.4) is 0 Å². The average Bonchev–Trinajstić information content (AvgIpc) is 3.26. The molecule has 0 radical (unpaired) electrons. The number of nitrogens with one attached hydrogen (secondary N) is 1. The van der Waals surface area contributed by atoms with Gasteiger partial charge in [-0.15, -0.1) is 11.8 Å². The van der Waals surface area contributed by atoms with E-state index in [-0.39, 0.29) is 17.9 Å². The third-order valence-corrected chi connectivity index (χ3v) is 6.71. The van der Waals surface area contributed by atoms with Crippen molar-refractivity contribution >= 4 is 35.2 Å². The van der Waals surface area contributed by atoms with Crippen LogP contribution in [-0.2, 0) is 21.9 Å². The zero-order chi connectivity index (χ0) is 21.3. The summed E-state index contributed by atoms with van der Waals surface area (Å²) in [4.78, 5) is 27.6. The number of carbonyl (C=O) groups excluding carboxylic acids is 2. The molecule has 1 unspecified atom stereocenters. The Labute approximate surface area is 188 Å². The molecule has 2 aromatic carbocycles. The maximum Gasteiger partial charge on any atom is 0.242 e. The van der Waals surface area contributed by atoms with Gasteiger partial charge in [0.1, 0.15) is 6.04 Å². The van der Waals surface area contributed by atoms with Gasteiger partial charge in [0.25, 0.3) is 0 Å². The van der Waals surface area contributed by atoms with Crippen molar-refractivity contribution < 1.29 is 9.59 Å². The summed E-state index contributed by atoms with van der Waals surface area (Å²) in [6.07, 6.45) is 4.38. The Morgan fingerprint density at radius 1 is 1.07 bits per heavy atom. The predicted octanol–water partition coefficient (Wildman–Crippen LogP) is 5.05. The Morgan fingerprint density at radius 2 is 1.73 bits per heavy atom. The van der Waals surface area contributed by atoms with E-state index in [0.29, 0.717) is 17.3 Å². The first-order chi connectivity index (χ1) is 14.5. The number of carbonyl (C=O) groups is 2. The Bertz CT molecular complexity index is 823. The van der Waals surface area contributed by atoms with Gasteiger partial charge < -0.3 is 10.2 Å². The Balaban J connectivity index is 1.62. The topological polar surface area (TPSA) is 49.4 Å². The molecular weight excluding hydrogens is 416 g/mol. The zero-order valence-corrected chi connectivity index (χ0v) is 18.9. The van der Waals surface area contributed by atoms with Gasteiger partial charge in [-0.1, -0.05) is 66.9 Å². The summed E-state index contributed by atoms with van der Waals surface area (Å²) < 4.78 is 0. The summed E-state index contributed by atoms with van der Waals surface area (Å²) in [5.41, 5.74) is 2.15. The fraction of sp³-hybridized carbons (Fsp3) is 0.417. The molecule has 1 aliphatic rings. The quantitative estimate of drug-likeness (QED) is 0.588. The maximum absolute atomic E-state index is 13.1. The van der Waals surface area contributed by atoms with Gasteiger partial charge in [0.2, 0.25) is 11.8 Å². The molecule has 6 heteroatoms. The molecule has 1 atom stereocenters. The molecule has 1 aliphatic carbocycles. The van der Waals surface area contributed by atoms with Crippen molar-refractivity contribution in [2.75, 3.05) is 5.75 Å². The molecule has 1 N–H and O–H groups in total. The van der Waals surface area contributed by atoms with E-state index in [2.05, 4.69) is 5.32 Å². The van der Waals surface area contributed by atoms with Gasteiger partial charge in [-0.2, -0.15) is 0 Å². The molecule has 0 bridgehead atoms. The second-order valence-electron chi connectivity index (χ2n) is 7.79. The number of halogens is 1. The molecule has 0 heterocycles. The first-order valence-electron chi connectivity index (χ1n) is 10.5. The molecule has 3 rings (SSSR count). The van der Waals surface area contributed by atoms with Gasteiger partial charge in [0.05, 0.1) is 5.75 Å². The fourth-order valence-electron chi connectivity index (χ4n) is 3.67. The molecule has 2 amide bonds.